The fraction of sp³-hybridized carbons (Fsp3) is 0.400. The van der Waals surface area contributed by atoms with Crippen molar-refractivity contribution in [3.63, 3.8) is 0 Å². The molecular formula is C15H22N4O2. The van der Waals surface area contributed by atoms with Gasteiger partial charge in [0.2, 0.25) is 5.91 Å². The van der Waals surface area contributed by atoms with Gasteiger partial charge in [0, 0.05) is 16.9 Å². The molecule has 0 saturated heterocycles. The Morgan fingerprint density at radius 1 is 1.24 bits per heavy atom. The second-order valence-electron chi connectivity index (χ2n) is 5.85. The van der Waals surface area contributed by atoms with Crippen molar-refractivity contribution in [1.82, 2.24) is 10.7 Å². The van der Waals surface area contributed by atoms with E-state index in [1.54, 1.807) is 31.2 Å². The molecule has 1 aromatic rings. The second kappa shape index (κ2) is 6.88. The van der Waals surface area contributed by atoms with Crippen molar-refractivity contribution >= 4 is 23.2 Å². The summed E-state index contributed by atoms with van der Waals surface area (Å²) in [6, 6.07) is 6.72. The van der Waals surface area contributed by atoms with Gasteiger partial charge in [-0.3, -0.25) is 9.59 Å². The summed E-state index contributed by atoms with van der Waals surface area (Å²) in [5.41, 5.74) is 9.06. The molecule has 0 aromatic heterocycles. The smallest absolute Gasteiger partial charge is 0.273 e. The standard InChI is InChI=1S/C15H22N4O2/c1-10(9-13(20)17-15(2,3)4)18-19-14(21)11-7-5-6-8-12(11)16/h5-8H,9,16H2,1-4H3,(H,17,20)(H,19,21). The van der Waals surface area contributed by atoms with Gasteiger partial charge in [0.1, 0.15) is 0 Å². The molecule has 0 radical (unpaired) electrons. The van der Waals surface area contributed by atoms with E-state index >= 15 is 0 Å². The normalized spacial score (nSPS) is 11.9. The molecular weight excluding hydrogens is 268 g/mol. The van der Waals surface area contributed by atoms with Crippen LogP contribution < -0.4 is 16.5 Å². The summed E-state index contributed by atoms with van der Waals surface area (Å²) in [6.45, 7) is 7.38. The molecule has 0 heterocycles. The maximum Gasteiger partial charge on any atom is 0.273 e. The number of hydrazone groups is 1. The van der Waals surface area contributed by atoms with Gasteiger partial charge in [0.25, 0.3) is 5.91 Å². The van der Waals surface area contributed by atoms with Gasteiger partial charge >= 0.3 is 0 Å². The minimum atomic E-state index is -0.399. The third-order valence-corrected chi connectivity index (χ3v) is 2.48. The van der Waals surface area contributed by atoms with Crippen LogP contribution in [-0.4, -0.2) is 23.1 Å². The molecule has 0 fully saturated rings. The van der Waals surface area contributed by atoms with Gasteiger partial charge in [-0.05, 0) is 39.8 Å². The average molecular weight is 290 g/mol. The van der Waals surface area contributed by atoms with Crippen molar-refractivity contribution in [3.05, 3.63) is 29.8 Å². The summed E-state index contributed by atoms with van der Waals surface area (Å²) in [7, 11) is 0. The molecule has 0 aliphatic carbocycles. The van der Waals surface area contributed by atoms with E-state index in [-0.39, 0.29) is 17.9 Å². The third-order valence-electron chi connectivity index (χ3n) is 2.48. The Balaban J connectivity index is 2.58. The van der Waals surface area contributed by atoms with E-state index in [4.69, 9.17) is 5.73 Å². The molecule has 0 unspecified atom stereocenters. The monoisotopic (exact) mass is 290 g/mol. The molecule has 114 valence electrons. The lowest BCUT2D eigenvalue weighted by Gasteiger charge is -2.20. The first-order chi connectivity index (χ1) is 9.69. The predicted molar refractivity (Wildman–Crippen MR) is 83.9 cm³/mol. The Labute approximate surface area is 124 Å². The van der Waals surface area contributed by atoms with Gasteiger partial charge < -0.3 is 11.1 Å². The number of hydrogen-bond acceptors (Lipinski definition) is 4. The fourth-order valence-corrected chi connectivity index (χ4v) is 1.64. The molecule has 0 aliphatic heterocycles. The van der Waals surface area contributed by atoms with Crippen LogP contribution in [0.15, 0.2) is 29.4 Å². The number of anilines is 1. The molecule has 4 N–H and O–H groups in total. The minimum absolute atomic E-state index is 0.127. The third kappa shape index (κ3) is 6.07. The maximum atomic E-state index is 11.9. The van der Waals surface area contributed by atoms with Gasteiger partial charge in [0.05, 0.1) is 12.0 Å². The zero-order valence-electron chi connectivity index (χ0n) is 12.9. The highest BCUT2D eigenvalue weighted by Gasteiger charge is 2.14. The van der Waals surface area contributed by atoms with Crippen LogP contribution in [0, 0.1) is 0 Å². The minimum Gasteiger partial charge on any atom is -0.398 e. The summed E-state index contributed by atoms with van der Waals surface area (Å²) in [5, 5.41) is 6.74. The molecule has 0 spiro atoms. The molecule has 21 heavy (non-hydrogen) atoms. The van der Waals surface area contributed by atoms with Crippen LogP contribution in [0.5, 0.6) is 0 Å². The molecule has 6 heteroatoms. The van der Waals surface area contributed by atoms with Crippen molar-refractivity contribution in [2.75, 3.05) is 5.73 Å². The molecule has 0 atom stereocenters. The van der Waals surface area contributed by atoms with E-state index in [2.05, 4.69) is 15.8 Å². The van der Waals surface area contributed by atoms with Crippen LogP contribution in [0.1, 0.15) is 44.5 Å². The van der Waals surface area contributed by atoms with E-state index in [0.29, 0.717) is 17.0 Å². The lowest BCUT2D eigenvalue weighted by molar-refractivity contribution is -0.121. The number of para-hydroxylation sites is 1. The van der Waals surface area contributed by atoms with Crippen LogP contribution in [0.2, 0.25) is 0 Å². The highest BCUT2D eigenvalue weighted by Crippen LogP contribution is 2.09. The van der Waals surface area contributed by atoms with Crippen molar-refractivity contribution in [1.29, 1.82) is 0 Å². The molecule has 6 nitrogen and oxygen atoms in total. The maximum absolute atomic E-state index is 11.9. The molecule has 0 saturated carbocycles. The number of carbonyl (C=O) groups is 2. The first-order valence-electron chi connectivity index (χ1n) is 6.68. The van der Waals surface area contributed by atoms with Gasteiger partial charge in [-0.1, -0.05) is 12.1 Å². The fourth-order valence-electron chi connectivity index (χ4n) is 1.64. The number of benzene rings is 1. The van der Waals surface area contributed by atoms with Crippen LogP contribution >= 0.6 is 0 Å². The first-order valence-corrected chi connectivity index (χ1v) is 6.68. The SMILES string of the molecule is CC(CC(=O)NC(C)(C)C)=NNC(=O)c1ccccc1N. The van der Waals surface area contributed by atoms with E-state index in [9.17, 15) is 9.59 Å². The Bertz CT molecular complexity index is 559. The quantitative estimate of drug-likeness (QED) is 0.447. The van der Waals surface area contributed by atoms with Crippen molar-refractivity contribution in [3.8, 4) is 0 Å². The van der Waals surface area contributed by atoms with Gasteiger partial charge in [-0.15, -0.1) is 0 Å². The number of nitrogens with one attached hydrogen (secondary N) is 2. The number of carbonyl (C=O) groups excluding carboxylic acids is 2. The van der Waals surface area contributed by atoms with Gasteiger partial charge in [-0.2, -0.15) is 5.10 Å². The number of hydrogen-bond donors (Lipinski definition) is 3. The first kappa shape index (κ1) is 16.7. The second-order valence-corrected chi connectivity index (χ2v) is 5.85. The Morgan fingerprint density at radius 2 is 1.86 bits per heavy atom. The summed E-state index contributed by atoms with van der Waals surface area (Å²) in [6.07, 6.45) is 0.127. The van der Waals surface area contributed by atoms with Crippen LogP contribution in [0.3, 0.4) is 0 Å². The highest BCUT2D eigenvalue weighted by molar-refractivity contribution is 6.02. The largest absolute Gasteiger partial charge is 0.398 e. The topological polar surface area (TPSA) is 96.6 Å². The number of rotatable bonds is 4. The summed E-state index contributed by atoms with van der Waals surface area (Å²) < 4.78 is 0. The molecule has 1 aromatic carbocycles. The zero-order valence-corrected chi connectivity index (χ0v) is 12.9. The lowest BCUT2D eigenvalue weighted by Crippen LogP contribution is -2.41. The Hall–Kier alpha value is -2.37. The van der Waals surface area contributed by atoms with Crippen LogP contribution in [0.25, 0.3) is 0 Å². The van der Waals surface area contributed by atoms with E-state index in [1.165, 1.54) is 0 Å². The Kier molecular flexibility index (Phi) is 5.46. The molecule has 0 aliphatic rings. The van der Waals surface area contributed by atoms with E-state index in [0.717, 1.165) is 0 Å². The lowest BCUT2D eigenvalue weighted by atomic mass is 10.1. The Morgan fingerprint density at radius 3 is 2.43 bits per heavy atom. The van der Waals surface area contributed by atoms with Crippen LogP contribution in [0.4, 0.5) is 5.69 Å². The number of amides is 2. The van der Waals surface area contributed by atoms with Gasteiger partial charge in [-0.25, -0.2) is 5.43 Å². The van der Waals surface area contributed by atoms with E-state index in [1.807, 2.05) is 20.8 Å². The number of nitrogen functional groups attached to an aromatic ring is 1. The zero-order chi connectivity index (χ0) is 16.0. The van der Waals surface area contributed by atoms with Crippen LogP contribution in [-0.2, 0) is 4.79 Å². The number of nitrogens with two attached hydrogens (primary N) is 1. The molecule has 1 rings (SSSR count). The average Bonchev–Trinajstić information content (AvgIpc) is 2.34. The van der Waals surface area contributed by atoms with Crippen molar-refractivity contribution in [2.45, 2.75) is 39.7 Å². The summed E-state index contributed by atoms with van der Waals surface area (Å²) in [5.74, 6) is -0.541. The van der Waals surface area contributed by atoms with E-state index < -0.39 is 5.91 Å². The summed E-state index contributed by atoms with van der Waals surface area (Å²) >= 11 is 0. The van der Waals surface area contributed by atoms with Crippen molar-refractivity contribution < 1.29 is 9.59 Å². The summed E-state index contributed by atoms with van der Waals surface area (Å²) in [4.78, 5) is 23.6. The number of nitrogens with zero attached hydrogens (tertiary/aromatic N) is 1. The van der Waals surface area contributed by atoms with Crippen molar-refractivity contribution in [2.24, 2.45) is 5.10 Å². The highest BCUT2D eigenvalue weighted by atomic mass is 16.2. The van der Waals surface area contributed by atoms with Gasteiger partial charge in [0.15, 0.2) is 0 Å². The molecule has 0 bridgehead atoms. The predicted octanol–water partition coefficient (Wildman–Crippen LogP) is 1.68. The molecule has 2 amide bonds.